The second-order valence-electron chi connectivity index (χ2n) is 9.27. The molecule has 0 aromatic rings. The Bertz CT molecular complexity index is 612. The summed E-state index contributed by atoms with van der Waals surface area (Å²) in [5.74, 6) is -0.876. The maximum absolute atomic E-state index is 14.6. The third kappa shape index (κ3) is 4.94. The van der Waals surface area contributed by atoms with Crippen molar-refractivity contribution in [2.24, 2.45) is 11.8 Å². The summed E-state index contributed by atoms with van der Waals surface area (Å²) in [5, 5.41) is -0.237. The molecule has 172 valence electrons. The van der Waals surface area contributed by atoms with Crippen LogP contribution in [0.15, 0.2) is 0 Å². The summed E-state index contributed by atoms with van der Waals surface area (Å²) >= 11 is 6.54. The van der Waals surface area contributed by atoms with Crippen molar-refractivity contribution in [3.8, 4) is 0 Å². The number of amides is 2. The minimum atomic E-state index is -1.17. The molecule has 2 amide bonds. The lowest BCUT2D eigenvalue weighted by atomic mass is 9.83. The Morgan fingerprint density at radius 3 is 1.90 bits per heavy atom. The van der Waals surface area contributed by atoms with E-state index in [1.165, 1.54) is 0 Å². The van der Waals surface area contributed by atoms with Gasteiger partial charge in [0.15, 0.2) is 0 Å². The summed E-state index contributed by atoms with van der Waals surface area (Å²) in [7, 11) is 3.27. The average Bonchev–Trinajstić information content (AvgIpc) is 2.72. The van der Waals surface area contributed by atoms with Crippen LogP contribution in [0.25, 0.3) is 0 Å². The van der Waals surface area contributed by atoms with Gasteiger partial charge < -0.3 is 19.3 Å². The van der Waals surface area contributed by atoms with Crippen LogP contribution in [0.4, 0.5) is 4.39 Å². The van der Waals surface area contributed by atoms with Crippen LogP contribution < -0.4 is 0 Å². The predicted octanol–water partition coefficient (Wildman–Crippen LogP) is 3.01. The van der Waals surface area contributed by atoms with Crippen molar-refractivity contribution in [1.82, 2.24) is 9.80 Å². The molecule has 0 bridgehead atoms. The van der Waals surface area contributed by atoms with Crippen molar-refractivity contribution < 1.29 is 23.5 Å². The Hall–Kier alpha value is -0.920. The van der Waals surface area contributed by atoms with Gasteiger partial charge in [0.1, 0.15) is 6.17 Å². The van der Waals surface area contributed by atoms with Gasteiger partial charge in [0.25, 0.3) is 0 Å². The molecule has 0 N–H and O–H groups in total. The van der Waals surface area contributed by atoms with Crippen molar-refractivity contribution in [3.63, 3.8) is 0 Å². The zero-order chi connectivity index (χ0) is 22.0. The normalized spacial score (nSPS) is 40.3. The fourth-order valence-corrected chi connectivity index (χ4v) is 5.94. The molecule has 2 saturated carbocycles. The third-order valence-corrected chi connectivity index (χ3v) is 7.72. The summed E-state index contributed by atoms with van der Waals surface area (Å²) in [4.78, 5) is 30.0. The van der Waals surface area contributed by atoms with E-state index in [1.54, 1.807) is 19.1 Å². The predicted molar refractivity (Wildman–Crippen MR) is 113 cm³/mol. The van der Waals surface area contributed by atoms with Crippen molar-refractivity contribution in [3.05, 3.63) is 0 Å². The van der Waals surface area contributed by atoms with Gasteiger partial charge in [0.05, 0.1) is 24.0 Å². The molecule has 8 atom stereocenters. The topological polar surface area (TPSA) is 59.1 Å². The number of carbonyl (C=O) groups excluding carboxylic acids is 2. The van der Waals surface area contributed by atoms with Crippen LogP contribution in [0.2, 0.25) is 0 Å². The fraction of sp³-hybridized carbons (Fsp3) is 0.909. The molecule has 1 saturated heterocycles. The third-order valence-electron chi connectivity index (χ3n) is 7.23. The van der Waals surface area contributed by atoms with Crippen molar-refractivity contribution in [2.75, 3.05) is 27.3 Å². The molecule has 0 aromatic heterocycles. The van der Waals surface area contributed by atoms with Crippen molar-refractivity contribution in [2.45, 2.75) is 88.2 Å². The molecule has 3 fully saturated rings. The summed E-state index contributed by atoms with van der Waals surface area (Å²) in [6.07, 6.45) is 2.56. The van der Waals surface area contributed by atoms with Crippen molar-refractivity contribution >= 4 is 23.4 Å². The number of methoxy groups -OCH3 is 2. The number of hydrogen-bond acceptors (Lipinski definition) is 4. The smallest absolute Gasteiger partial charge is 0.228 e. The second-order valence-corrected chi connectivity index (χ2v) is 9.83. The Morgan fingerprint density at radius 1 is 0.867 bits per heavy atom. The Labute approximate surface area is 184 Å². The minimum Gasteiger partial charge on any atom is -0.381 e. The van der Waals surface area contributed by atoms with Gasteiger partial charge in [-0.25, -0.2) is 4.39 Å². The van der Waals surface area contributed by atoms with Crippen LogP contribution >= 0.6 is 11.6 Å². The largest absolute Gasteiger partial charge is 0.381 e. The molecule has 3 aliphatic rings. The van der Waals surface area contributed by atoms with E-state index < -0.39 is 12.1 Å². The first-order chi connectivity index (χ1) is 14.3. The lowest BCUT2D eigenvalue weighted by Gasteiger charge is -2.47. The van der Waals surface area contributed by atoms with E-state index in [0.29, 0.717) is 32.4 Å². The first-order valence-electron chi connectivity index (χ1n) is 11.2. The van der Waals surface area contributed by atoms with E-state index in [2.05, 4.69) is 0 Å². The summed E-state index contributed by atoms with van der Waals surface area (Å²) in [5.41, 5.74) is 0. The zero-order valence-electron chi connectivity index (χ0n) is 18.6. The molecule has 0 spiro atoms. The molecule has 3 rings (SSSR count). The van der Waals surface area contributed by atoms with E-state index in [9.17, 15) is 14.0 Å². The maximum Gasteiger partial charge on any atom is 0.228 e. The Kier molecular flexibility index (Phi) is 8.02. The molecular formula is C22H36ClFN2O4. The number of halogens is 2. The van der Waals surface area contributed by atoms with Gasteiger partial charge in [-0.1, -0.05) is 0 Å². The maximum atomic E-state index is 14.6. The molecule has 1 heterocycles. The van der Waals surface area contributed by atoms with Crippen LogP contribution in [0.5, 0.6) is 0 Å². The first-order valence-corrected chi connectivity index (χ1v) is 11.6. The van der Waals surface area contributed by atoms with Gasteiger partial charge in [-0.2, -0.15) is 0 Å². The van der Waals surface area contributed by atoms with Gasteiger partial charge in [-0.3, -0.25) is 9.59 Å². The number of carbonyl (C=O) groups is 2. The monoisotopic (exact) mass is 446 g/mol. The van der Waals surface area contributed by atoms with E-state index in [4.69, 9.17) is 21.1 Å². The molecule has 8 heteroatoms. The molecule has 6 nitrogen and oxygen atoms in total. The molecule has 2 aliphatic carbocycles. The van der Waals surface area contributed by atoms with E-state index in [-0.39, 0.29) is 53.8 Å². The number of piperazine rings is 1. The van der Waals surface area contributed by atoms with Crippen LogP contribution in [0, 0.1) is 11.8 Å². The Balaban J connectivity index is 1.61. The second kappa shape index (κ2) is 10.1. The van der Waals surface area contributed by atoms with E-state index in [1.807, 2.05) is 18.7 Å². The standard InChI is InChI=1S/C22H36ClFN2O4/c1-13-11-25(21(27)18-8-6-16(30-4)10-20(18)24)12-14(2)26(13)22(28)17-7-5-15(29-3)9-19(17)23/h13-20H,5-12H2,1-4H3/t13-,14-,15?,16?,17?,18?,19?,20?/m1/s1. The summed E-state index contributed by atoms with van der Waals surface area (Å²) in [6, 6.07) is -0.245. The van der Waals surface area contributed by atoms with Gasteiger partial charge in [0, 0.05) is 51.2 Å². The number of rotatable bonds is 4. The van der Waals surface area contributed by atoms with Gasteiger partial charge in [-0.15, -0.1) is 11.6 Å². The summed E-state index contributed by atoms with van der Waals surface area (Å²) in [6.45, 7) is 4.80. The van der Waals surface area contributed by atoms with Crippen LogP contribution in [-0.2, 0) is 19.1 Å². The van der Waals surface area contributed by atoms with Crippen LogP contribution in [0.1, 0.15) is 52.4 Å². The number of hydrogen-bond donors (Lipinski definition) is 0. The molecule has 30 heavy (non-hydrogen) atoms. The van der Waals surface area contributed by atoms with E-state index in [0.717, 1.165) is 12.8 Å². The molecular weight excluding hydrogens is 411 g/mol. The lowest BCUT2D eigenvalue weighted by Crippen LogP contribution is -2.62. The number of ether oxygens (including phenoxy) is 2. The van der Waals surface area contributed by atoms with Gasteiger partial charge >= 0.3 is 0 Å². The van der Waals surface area contributed by atoms with E-state index >= 15 is 0 Å². The minimum absolute atomic E-state index is 0.0700. The Morgan fingerprint density at radius 2 is 1.40 bits per heavy atom. The number of nitrogens with zero attached hydrogens (tertiary/aromatic N) is 2. The lowest BCUT2D eigenvalue weighted by molar-refractivity contribution is -0.154. The SMILES string of the molecule is COC1CCC(C(=O)N2C[C@@H](C)N(C(=O)C3CCC(OC)CC3Cl)[C@H](C)C2)C(F)C1. The summed E-state index contributed by atoms with van der Waals surface area (Å²) < 4.78 is 25.3. The molecule has 0 aromatic carbocycles. The molecule has 1 aliphatic heterocycles. The highest BCUT2D eigenvalue weighted by molar-refractivity contribution is 6.22. The highest BCUT2D eigenvalue weighted by Gasteiger charge is 2.44. The van der Waals surface area contributed by atoms with Gasteiger partial charge in [0.2, 0.25) is 11.8 Å². The number of alkyl halides is 2. The van der Waals surface area contributed by atoms with Gasteiger partial charge in [-0.05, 0) is 46.0 Å². The fourth-order valence-electron chi connectivity index (χ4n) is 5.51. The quantitative estimate of drug-likeness (QED) is 0.623. The van der Waals surface area contributed by atoms with Crippen LogP contribution in [-0.4, -0.2) is 84.8 Å². The van der Waals surface area contributed by atoms with Crippen molar-refractivity contribution in [1.29, 1.82) is 0 Å². The highest BCUT2D eigenvalue weighted by Crippen LogP contribution is 2.35. The van der Waals surface area contributed by atoms with Crippen LogP contribution in [0.3, 0.4) is 0 Å². The molecule has 6 unspecified atom stereocenters. The molecule has 0 radical (unpaired) electrons. The zero-order valence-corrected chi connectivity index (χ0v) is 19.3. The average molecular weight is 447 g/mol. The first kappa shape index (κ1) is 23.7. The highest BCUT2D eigenvalue weighted by atomic mass is 35.5.